The van der Waals surface area contributed by atoms with E-state index in [9.17, 15) is 24.6 Å². The summed E-state index contributed by atoms with van der Waals surface area (Å²) in [7, 11) is 0. The van der Waals surface area contributed by atoms with Crippen LogP contribution < -0.4 is 9.64 Å². The van der Waals surface area contributed by atoms with Crippen LogP contribution in [-0.2, 0) is 24.6 Å². The third kappa shape index (κ3) is 5.06. The number of carbonyl (C=O) groups excluding carboxylic acids is 4. The quantitative estimate of drug-likeness (QED) is 0.175. The van der Waals surface area contributed by atoms with Crippen LogP contribution >= 0.6 is 0 Å². The second kappa shape index (κ2) is 13.0. The lowest BCUT2D eigenvalue weighted by Gasteiger charge is -2.55. The molecule has 6 atom stereocenters. The molecule has 0 bridgehead atoms. The lowest BCUT2D eigenvalue weighted by atomic mass is 9.44. The fourth-order valence-corrected chi connectivity index (χ4v) is 9.18. The minimum absolute atomic E-state index is 0.0344. The molecule has 8 rings (SSSR count). The van der Waals surface area contributed by atoms with Crippen LogP contribution in [0.15, 0.2) is 127 Å². The number of hydrogen-bond acceptors (Lipinski definition) is 7. The van der Waals surface area contributed by atoms with Crippen molar-refractivity contribution in [1.82, 2.24) is 0 Å². The summed E-state index contributed by atoms with van der Waals surface area (Å²) in [4.78, 5) is 71.4. The van der Waals surface area contributed by atoms with E-state index < -0.39 is 46.9 Å². The second-order valence-corrected chi connectivity index (χ2v) is 13.8. The molecule has 9 heteroatoms. The molecule has 3 aliphatic carbocycles. The minimum Gasteiger partial charge on any atom is -0.491 e. The van der Waals surface area contributed by atoms with Crippen LogP contribution in [0.5, 0.6) is 5.75 Å². The number of ketones is 2. The van der Waals surface area contributed by atoms with Gasteiger partial charge in [-0.1, -0.05) is 84.4 Å². The molecule has 1 saturated carbocycles. The molecule has 4 aliphatic rings. The van der Waals surface area contributed by atoms with E-state index in [1.165, 1.54) is 30.3 Å². The van der Waals surface area contributed by atoms with Crippen molar-refractivity contribution in [2.24, 2.45) is 23.7 Å². The molecule has 0 unspecified atom stereocenters. The van der Waals surface area contributed by atoms with Gasteiger partial charge in [-0.3, -0.25) is 24.1 Å². The Hall–Kier alpha value is -5.93. The zero-order valence-corrected chi connectivity index (χ0v) is 28.1. The van der Waals surface area contributed by atoms with Crippen molar-refractivity contribution >= 4 is 40.6 Å². The lowest BCUT2D eigenvalue weighted by Crippen LogP contribution is -2.58. The van der Waals surface area contributed by atoms with E-state index >= 15 is 9.59 Å². The largest absolute Gasteiger partial charge is 0.491 e. The fourth-order valence-electron chi connectivity index (χ4n) is 9.18. The van der Waals surface area contributed by atoms with E-state index in [0.717, 1.165) is 16.0 Å². The molecule has 52 heavy (non-hydrogen) atoms. The molecule has 1 saturated heterocycles. The number of carboxylic acids is 1. The van der Waals surface area contributed by atoms with E-state index in [2.05, 4.69) is 0 Å². The van der Waals surface area contributed by atoms with Crippen LogP contribution in [0.3, 0.4) is 0 Å². The van der Waals surface area contributed by atoms with Crippen LogP contribution in [0, 0.1) is 23.7 Å². The van der Waals surface area contributed by atoms with Gasteiger partial charge < -0.3 is 14.9 Å². The summed E-state index contributed by atoms with van der Waals surface area (Å²) in [5.74, 6) is -5.30. The number of aliphatic hydroxyl groups excluding tert-OH is 1. The molecule has 2 N–H and O–H groups in total. The number of Topliss-reactive ketones (excluding diaryl/α,β-unsaturated/α-hetero) is 1. The van der Waals surface area contributed by atoms with Gasteiger partial charge in [0.25, 0.3) is 0 Å². The summed E-state index contributed by atoms with van der Waals surface area (Å²) in [6, 6.07) is 31.5. The Morgan fingerprint density at radius 2 is 1.48 bits per heavy atom. The zero-order chi connectivity index (χ0) is 36.1. The number of hydrogen-bond donors (Lipinski definition) is 2. The normalized spacial score (nSPS) is 26.6. The molecule has 9 nitrogen and oxygen atoms in total. The van der Waals surface area contributed by atoms with Gasteiger partial charge in [-0.05, 0) is 77.9 Å². The van der Waals surface area contributed by atoms with E-state index in [1.807, 2.05) is 78.9 Å². The van der Waals surface area contributed by atoms with Crippen molar-refractivity contribution in [3.8, 4) is 5.75 Å². The minimum atomic E-state index is -1.35. The first-order chi connectivity index (χ1) is 25.2. The highest BCUT2D eigenvalue weighted by Gasteiger charge is 2.66. The van der Waals surface area contributed by atoms with Crippen molar-refractivity contribution in [2.75, 3.05) is 18.1 Å². The number of amides is 2. The molecule has 1 aliphatic heterocycles. The number of imide groups is 1. The molecule has 0 radical (unpaired) electrons. The SMILES string of the molecule is O=C(O)c1ccc(N2C(=O)[C@H]3[C@H](CC=C4[C@H]3C[C@H]3C(=O)C(c5ccccc5)=CC(=O)[C@@]3(c3ccccc3)[C@H]4c3ccc(OCCO)cc3)C2=O)cc1. The van der Waals surface area contributed by atoms with Crippen molar-refractivity contribution in [3.63, 3.8) is 0 Å². The third-order valence-corrected chi connectivity index (χ3v) is 11.3. The Balaban J connectivity index is 1.31. The molecular weight excluding hydrogens is 658 g/mol. The number of fused-ring (bicyclic) bond motifs is 4. The number of anilines is 1. The van der Waals surface area contributed by atoms with Crippen molar-refractivity contribution in [1.29, 1.82) is 0 Å². The number of aliphatic hydroxyl groups is 1. The highest BCUT2D eigenvalue weighted by atomic mass is 16.5. The molecule has 4 aromatic rings. The van der Waals surface area contributed by atoms with Gasteiger partial charge in [0.2, 0.25) is 11.8 Å². The summed E-state index contributed by atoms with van der Waals surface area (Å²) < 4.78 is 5.66. The zero-order valence-electron chi connectivity index (χ0n) is 28.1. The van der Waals surface area contributed by atoms with Crippen LogP contribution in [-0.4, -0.2) is 52.8 Å². The molecule has 260 valence electrons. The smallest absolute Gasteiger partial charge is 0.335 e. The van der Waals surface area contributed by atoms with Gasteiger partial charge >= 0.3 is 5.97 Å². The monoisotopic (exact) mass is 693 g/mol. The standard InChI is InChI=1S/C43H35NO8/c45-21-22-52-30-17-13-26(14-18-30)38-31-19-20-32-37(41(49)44(40(32)48)29-15-11-27(12-16-29)42(50)51)34(31)23-35-39(47)33(25-7-3-1-4-8-25)24-36(46)43(35,38)28-9-5-2-6-10-28/h1-19,24,32,34-35,37-38,45H,20-23H2,(H,50,51)/t32-,34+,35-,37-,38-,43-/m0/s1. The molecule has 4 aromatic carbocycles. The van der Waals surface area contributed by atoms with E-state index in [-0.39, 0.29) is 49.1 Å². The molecule has 0 spiro atoms. The third-order valence-electron chi connectivity index (χ3n) is 11.3. The average molecular weight is 694 g/mol. The number of ether oxygens (including phenoxy) is 1. The van der Waals surface area contributed by atoms with Gasteiger partial charge in [-0.2, -0.15) is 0 Å². The second-order valence-electron chi connectivity index (χ2n) is 13.8. The number of nitrogens with zero attached hydrogens (tertiary/aromatic N) is 1. The summed E-state index contributed by atoms with van der Waals surface area (Å²) in [6.45, 7) is -0.0404. The Labute approximate surface area is 299 Å². The fraction of sp³-hybridized carbons (Fsp3) is 0.233. The first-order valence-corrected chi connectivity index (χ1v) is 17.4. The topological polar surface area (TPSA) is 138 Å². The van der Waals surface area contributed by atoms with E-state index in [1.54, 1.807) is 12.1 Å². The highest BCUT2D eigenvalue weighted by Crippen LogP contribution is 2.63. The van der Waals surface area contributed by atoms with Gasteiger partial charge in [0, 0.05) is 17.4 Å². The van der Waals surface area contributed by atoms with Gasteiger partial charge in [-0.25, -0.2) is 4.79 Å². The number of carbonyl (C=O) groups is 5. The first kappa shape index (κ1) is 33.2. The molecule has 2 fully saturated rings. The van der Waals surface area contributed by atoms with Gasteiger partial charge in [0.05, 0.1) is 35.1 Å². The maximum atomic E-state index is 15.1. The van der Waals surface area contributed by atoms with Crippen molar-refractivity contribution in [3.05, 3.63) is 149 Å². The molecular formula is C43H35NO8. The van der Waals surface area contributed by atoms with Crippen molar-refractivity contribution < 1.29 is 38.9 Å². The summed E-state index contributed by atoms with van der Waals surface area (Å²) in [5.41, 5.74) is 2.23. The predicted octanol–water partition coefficient (Wildman–Crippen LogP) is 5.78. The van der Waals surface area contributed by atoms with Crippen LogP contribution in [0.1, 0.15) is 45.8 Å². The lowest BCUT2D eigenvalue weighted by molar-refractivity contribution is -0.135. The Kier molecular flexibility index (Phi) is 8.30. The van der Waals surface area contributed by atoms with Crippen LogP contribution in [0.4, 0.5) is 5.69 Å². The van der Waals surface area contributed by atoms with Gasteiger partial charge in [-0.15, -0.1) is 0 Å². The summed E-state index contributed by atoms with van der Waals surface area (Å²) in [5, 5.41) is 18.7. The number of allylic oxidation sites excluding steroid dienone is 4. The number of carboxylic acid groups (broad SMARTS) is 1. The van der Waals surface area contributed by atoms with Gasteiger partial charge in [0.15, 0.2) is 11.6 Å². The van der Waals surface area contributed by atoms with E-state index in [0.29, 0.717) is 28.1 Å². The van der Waals surface area contributed by atoms with Crippen LogP contribution in [0.2, 0.25) is 0 Å². The predicted molar refractivity (Wildman–Crippen MR) is 191 cm³/mol. The average Bonchev–Trinajstić information content (AvgIpc) is 3.44. The number of rotatable bonds is 8. The maximum Gasteiger partial charge on any atom is 0.335 e. The van der Waals surface area contributed by atoms with Crippen molar-refractivity contribution in [2.45, 2.75) is 24.2 Å². The maximum absolute atomic E-state index is 15.1. The number of benzene rings is 4. The summed E-state index contributed by atoms with van der Waals surface area (Å²) in [6.07, 6.45) is 3.94. The Morgan fingerprint density at radius 3 is 2.13 bits per heavy atom. The Morgan fingerprint density at radius 1 is 0.808 bits per heavy atom. The van der Waals surface area contributed by atoms with E-state index in [4.69, 9.17) is 4.74 Å². The Bertz CT molecular complexity index is 2160. The number of aromatic carboxylic acids is 1. The first-order valence-electron chi connectivity index (χ1n) is 17.4. The molecule has 2 amide bonds. The molecule has 1 heterocycles. The highest BCUT2D eigenvalue weighted by molar-refractivity contribution is 6.32. The van der Waals surface area contributed by atoms with Crippen LogP contribution in [0.25, 0.3) is 5.57 Å². The molecule has 0 aromatic heterocycles. The van der Waals surface area contributed by atoms with Gasteiger partial charge in [0.1, 0.15) is 12.4 Å². The summed E-state index contributed by atoms with van der Waals surface area (Å²) >= 11 is 0.